The molecule has 1 amide bonds. The summed E-state index contributed by atoms with van der Waals surface area (Å²) in [5.74, 6) is 0.152. The van der Waals surface area contributed by atoms with Crippen molar-refractivity contribution in [2.75, 3.05) is 19.3 Å². The Morgan fingerprint density at radius 2 is 2.00 bits per heavy atom. The summed E-state index contributed by atoms with van der Waals surface area (Å²) in [5.41, 5.74) is 8.74. The van der Waals surface area contributed by atoms with Crippen LogP contribution in [-0.2, 0) is 12.0 Å². The molecule has 1 aliphatic rings. The van der Waals surface area contributed by atoms with Crippen LogP contribution in [0.5, 0.6) is 0 Å². The van der Waals surface area contributed by atoms with Crippen LogP contribution >= 0.6 is 11.8 Å². The number of amides is 1. The topological polar surface area (TPSA) is 46.3 Å². The van der Waals surface area contributed by atoms with E-state index >= 15 is 0 Å². The van der Waals surface area contributed by atoms with Crippen LogP contribution < -0.4 is 5.73 Å². The molecule has 138 valence electrons. The lowest BCUT2D eigenvalue weighted by Gasteiger charge is -2.45. The summed E-state index contributed by atoms with van der Waals surface area (Å²) in [6, 6.07) is 16.7. The molecular formula is C22H28N2OS. The number of hydrogen-bond donors (Lipinski definition) is 1. The van der Waals surface area contributed by atoms with Crippen molar-refractivity contribution in [1.82, 2.24) is 4.90 Å². The molecule has 1 saturated heterocycles. The summed E-state index contributed by atoms with van der Waals surface area (Å²) in [7, 11) is 0. The number of primary amides is 1. The zero-order chi connectivity index (χ0) is 18.7. The zero-order valence-corrected chi connectivity index (χ0v) is 16.7. The van der Waals surface area contributed by atoms with Crippen molar-refractivity contribution in [2.24, 2.45) is 11.7 Å². The number of likely N-dealkylation sites (tertiary alicyclic amines) is 1. The predicted molar refractivity (Wildman–Crippen MR) is 110 cm³/mol. The maximum Gasteiger partial charge on any atom is 0.248 e. The van der Waals surface area contributed by atoms with Crippen molar-refractivity contribution in [3.63, 3.8) is 0 Å². The van der Waals surface area contributed by atoms with Gasteiger partial charge in [-0.1, -0.05) is 38.1 Å². The van der Waals surface area contributed by atoms with E-state index in [-0.39, 0.29) is 11.3 Å². The van der Waals surface area contributed by atoms with Gasteiger partial charge in [0.15, 0.2) is 0 Å². The molecule has 2 aromatic rings. The van der Waals surface area contributed by atoms with E-state index in [1.807, 2.05) is 12.1 Å². The maximum absolute atomic E-state index is 11.5. The third-order valence-electron chi connectivity index (χ3n) is 5.94. The number of thioether (sulfide) groups is 1. The summed E-state index contributed by atoms with van der Waals surface area (Å²) < 4.78 is 0. The van der Waals surface area contributed by atoms with Crippen LogP contribution in [0.3, 0.4) is 0 Å². The third kappa shape index (κ3) is 3.97. The van der Waals surface area contributed by atoms with Gasteiger partial charge in [-0.25, -0.2) is 0 Å². The second-order valence-corrected chi connectivity index (χ2v) is 8.48. The number of nitrogens with zero attached hydrogens (tertiary/aromatic N) is 1. The Morgan fingerprint density at radius 3 is 2.62 bits per heavy atom. The van der Waals surface area contributed by atoms with E-state index < -0.39 is 0 Å². The quantitative estimate of drug-likeness (QED) is 0.800. The fourth-order valence-corrected chi connectivity index (χ4v) is 4.31. The second kappa shape index (κ2) is 7.85. The molecule has 2 N–H and O–H groups in total. The summed E-state index contributed by atoms with van der Waals surface area (Å²) in [6.07, 6.45) is 3.19. The number of nitrogens with two attached hydrogens (primary N) is 1. The summed E-state index contributed by atoms with van der Waals surface area (Å²) >= 11 is 1.78. The first-order valence-corrected chi connectivity index (χ1v) is 10.4. The molecule has 0 radical (unpaired) electrons. The monoisotopic (exact) mass is 368 g/mol. The average molecular weight is 369 g/mol. The fraction of sp³-hybridized carbons (Fsp3) is 0.409. The smallest absolute Gasteiger partial charge is 0.248 e. The van der Waals surface area contributed by atoms with Crippen LogP contribution in [0.15, 0.2) is 53.4 Å². The van der Waals surface area contributed by atoms with E-state index in [4.69, 9.17) is 5.73 Å². The molecule has 2 aromatic carbocycles. The molecule has 0 aromatic heterocycles. The number of rotatable bonds is 5. The van der Waals surface area contributed by atoms with Crippen LogP contribution in [0.4, 0.5) is 0 Å². The zero-order valence-electron chi connectivity index (χ0n) is 15.9. The molecule has 1 aliphatic heterocycles. The lowest BCUT2D eigenvalue weighted by atomic mass is 9.68. The first-order chi connectivity index (χ1) is 12.4. The van der Waals surface area contributed by atoms with Gasteiger partial charge in [-0.3, -0.25) is 9.69 Å². The molecule has 0 saturated carbocycles. The number of carbonyl (C=O) groups excluding carboxylic acids is 1. The van der Waals surface area contributed by atoms with E-state index in [1.165, 1.54) is 16.0 Å². The Balaban J connectivity index is 1.70. The highest BCUT2D eigenvalue weighted by atomic mass is 32.2. The maximum atomic E-state index is 11.5. The van der Waals surface area contributed by atoms with Gasteiger partial charge in [0.05, 0.1) is 0 Å². The van der Waals surface area contributed by atoms with Crippen LogP contribution in [-0.4, -0.2) is 30.2 Å². The number of piperidine rings is 1. The van der Waals surface area contributed by atoms with E-state index in [0.717, 1.165) is 26.1 Å². The van der Waals surface area contributed by atoms with E-state index in [2.05, 4.69) is 55.3 Å². The first kappa shape index (κ1) is 19.0. The number of carbonyl (C=O) groups is 1. The van der Waals surface area contributed by atoms with Crippen molar-refractivity contribution in [3.8, 4) is 0 Å². The van der Waals surface area contributed by atoms with Crippen molar-refractivity contribution >= 4 is 17.7 Å². The Kier molecular flexibility index (Phi) is 5.73. The predicted octanol–water partition coefficient (Wildman–Crippen LogP) is 4.31. The Hall–Kier alpha value is -1.78. The van der Waals surface area contributed by atoms with Crippen LogP contribution in [0.1, 0.15) is 41.8 Å². The molecule has 3 nitrogen and oxygen atoms in total. The van der Waals surface area contributed by atoms with Gasteiger partial charge in [0.1, 0.15) is 0 Å². The van der Waals surface area contributed by atoms with Gasteiger partial charge in [0, 0.05) is 23.5 Å². The molecule has 2 atom stereocenters. The molecule has 2 unspecified atom stereocenters. The Morgan fingerprint density at radius 1 is 1.27 bits per heavy atom. The van der Waals surface area contributed by atoms with Gasteiger partial charge in [0.25, 0.3) is 0 Å². The molecule has 3 rings (SSSR count). The highest BCUT2D eigenvalue weighted by Gasteiger charge is 2.38. The van der Waals surface area contributed by atoms with Crippen LogP contribution in [0.25, 0.3) is 0 Å². The van der Waals surface area contributed by atoms with Gasteiger partial charge in [-0.05, 0) is 65.9 Å². The minimum atomic E-state index is -0.353. The molecule has 0 aliphatic carbocycles. The SMILES string of the molecule is CSc1ccc(CN2CCC(C)(c3cccc(C(N)=O)c3)C(C)C2)cc1. The standard InChI is InChI=1S/C22H28N2OS/c1-16-14-24(15-17-7-9-20(26-3)10-8-17)12-11-22(16,2)19-6-4-5-18(13-19)21(23)25/h4-10,13,16H,11-12,14-15H2,1-3H3,(H2,23,25). The molecule has 1 fully saturated rings. The van der Waals surface area contributed by atoms with Gasteiger partial charge in [-0.2, -0.15) is 0 Å². The molecule has 26 heavy (non-hydrogen) atoms. The third-order valence-corrected chi connectivity index (χ3v) is 6.68. The van der Waals surface area contributed by atoms with E-state index in [9.17, 15) is 4.79 Å². The van der Waals surface area contributed by atoms with Crippen molar-refractivity contribution < 1.29 is 4.79 Å². The fourth-order valence-electron chi connectivity index (χ4n) is 3.91. The summed E-state index contributed by atoms with van der Waals surface area (Å²) in [6.45, 7) is 7.76. The largest absolute Gasteiger partial charge is 0.366 e. The molecular weight excluding hydrogens is 340 g/mol. The Bertz CT molecular complexity index is 774. The lowest BCUT2D eigenvalue weighted by Crippen LogP contribution is -2.47. The molecule has 1 heterocycles. The van der Waals surface area contributed by atoms with Gasteiger partial charge in [-0.15, -0.1) is 11.8 Å². The van der Waals surface area contributed by atoms with Gasteiger partial charge in [0.2, 0.25) is 5.91 Å². The molecule has 4 heteroatoms. The normalized spacial score (nSPS) is 23.7. The van der Waals surface area contributed by atoms with Crippen molar-refractivity contribution in [1.29, 1.82) is 0 Å². The molecule has 0 spiro atoms. The second-order valence-electron chi connectivity index (χ2n) is 7.60. The summed E-state index contributed by atoms with van der Waals surface area (Å²) in [5, 5.41) is 0. The van der Waals surface area contributed by atoms with Gasteiger partial charge >= 0.3 is 0 Å². The van der Waals surface area contributed by atoms with Crippen LogP contribution in [0, 0.1) is 5.92 Å². The highest BCUT2D eigenvalue weighted by Crippen LogP contribution is 2.40. The summed E-state index contributed by atoms with van der Waals surface area (Å²) in [4.78, 5) is 15.4. The molecule has 0 bridgehead atoms. The minimum Gasteiger partial charge on any atom is -0.366 e. The van der Waals surface area contributed by atoms with Gasteiger partial charge < -0.3 is 5.73 Å². The average Bonchev–Trinajstić information content (AvgIpc) is 2.65. The van der Waals surface area contributed by atoms with Crippen molar-refractivity contribution in [3.05, 3.63) is 65.2 Å². The van der Waals surface area contributed by atoms with E-state index in [1.54, 1.807) is 17.8 Å². The first-order valence-electron chi connectivity index (χ1n) is 9.18. The number of hydrogen-bond acceptors (Lipinski definition) is 3. The Labute approximate surface area is 161 Å². The van der Waals surface area contributed by atoms with Crippen LogP contribution in [0.2, 0.25) is 0 Å². The highest BCUT2D eigenvalue weighted by molar-refractivity contribution is 7.98. The number of benzene rings is 2. The minimum absolute atomic E-state index is 0.0741. The van der Waals surface area contributed by atoms with Crippen molar-refractivity contribution in [2.45, 2.75) is 37.1 Å². The lowest BCUT2D eigenvalue weighted by molar-refractivity contribution is 0.0996. The van der Waals surface area contributed by atoms with E-state index in [0.29, 0.717) is 11.5 Å².